The molecule has 0 spiro atoms. The van der Waals surface area contributed by atoms with Crippen LogP contribution >= 0.6 is 22.6 Å². The van der Waals surface area contributed by atoms with Crippen LogP contribution in [0.25, 0.3) is 0 Å². The molecule has 0 fully saturated rings. The third-order valence-electron chi connectivity index (χ3n) is 0.892. The second-order valence-electron chi connectivity index (χ2n) is 1.89. The van der Waals surface area contributed by atoms with Gasteiger partial charge in [0.25, 0.3) is 0 Å². The molecule has 4 heteroatoms. The highest BCUT2D eigenvalue weighted by Crippen LogP contribution is 1.85. The van der Waals surface area contributed by atoms with Gasteiger partial charge < -0.3 is 5.73 Å². The third-order valence-corrected chi connectivity index (χ3v) is 1.37. The topological polar surface area (TPSA) is 46.3 Å². The van der Waals surface area contributed by atoms with E-state index in [0.717, 1.165) is 11.0 Å². The van der Waals surface area contributed by atoms with Crippen molar-refractivity contribution in [3.63, 3.8) is 0 Å². The molecule has 0 saturated carbocycles. The van der Waals surface area contributed by atoms with Crippen molar-refractivity contribution in [3.8, 4) is 0 Å². The maximum Gasteiger partial charge on any atom is 0.231 e. The maximum absolute atomic E-state index is 10.3. The lowest BCUT2D eigenvalue weighted by molar-refractivity contribution is -0.118. The van der Waals surface area contributed by atoms with Crippen molar-refractivity contribution in [2.75, 3.05) is 24.6 Å². The standard InChI is InChI=1S/C5H11IN2O/c1-8(3-2-6)4-5(7)9/h2-4H2,1H3,(H2,7,9). The lowest BCUT2D eigenvalue weighted by atomic mass is 10.5. The Morgan fingerprint density at radius 3 is 2.67 bits per heavy atom. The van der Waals surface area contributed by atoms with Crippen LogP contribution in [-0.4, -0.2) is 35.4 Å². The van der Waals surface area contributed by atoms with Crippen molar-refractivity contribution in [2.45, 2.75) is 0 Å². The van der Waals surface area contributed by atoms with Crippen LogP contribution in [0.2, 0.25) is 0 Å². The molecule has 0 radical (unpaired) electrons. The molecule has 0 atom stereocenters. The highest BCUT2D eigenvalue weighted by atomic mass is 127. The second-order valence-corrected chi connectivity index (χ2v) is 2.97. The molecule has 54 valence electrons. The van der Waals surface area contributed by atoms with E-state index in [2.05, 4.69) is 22.6 Å². The zero-order valence-corrected chi connectivity index (χ0v) is 7.59. The lowest BCUT2D eigenvalue weighted by Crippen LogP contribution is -2.31. The van der Waals surface area contributed by atoms with Gasteiger partial charge in [0.05, 0.1) is 6.54 Å². The van der Waals surface area contributed by atoms with Crippen LogP contribution in [0, 0.1) is 0 Å². The van der Waals surface area contributed by atoms with Crippen molar-refractivity contribution in [1.29, 1.82) is 0 Å². The number of carbonyl (C=O) groups is 1. The van der Waals surface area contributed by atoms with Gasteiger partial charge in [0.2, 0.25) is 5.91 Å². The summed E-state index contributed by atoms with van der Waals surface area (Å²) in [6, 6.07) is 0. The number of nitrogens with two attached hydrogens (primary N) is 1. The molecule has 0 aromatic carbocycles. The molecule has 0 heterocycles. The van der Waals surface area contributed by atoms with Gasteiger partial charge in [0, 0.05) is 11.0 Å². The number of rotatable bonds is 4. The average Bonchev–Trinajstić information content (AvgIpc) is 1.63. The van der Waals surface area contributed by atoms with Gasteiger partial charge in [0.1, 0.15) is 0 Å². The first-order chi connectivity index (χ1) is 4.16. The Morgan fingerprint density at radius 2 is 2.33 bits per heavy atom. The largest absolute Gasteiger partial charge is 0.369 e. The lowest BCUT2D eigenvalue weighted by Gasteiger charge is -2.10. The highest BCUT2D eigenvalue weighted by Gasteiger charge is 1.98. The Kier molecular flexibility index (Phi) is 5.07. The van der Waals surface area contributed by atoms with E-state index in [-0.39, 0.29) is 5.91 Å². The van der Waals surface area contributed by atoms with Gasteiger partial charge >= 0.3 is 0 Å². The number of alkyl halides is 1. The predicted octanol–water partition coefficient (Wildman–Crippen LogP) is -0.161. The Bertz CT molecular complexity index is 97.0. The molecule has 0 aliphatic rings. The van der Waals surface area contributed by atoms with E-state index < -0.39 is 0 Å². The van der Waals surface area contributed by atoms with Crippen LogP contribution in [0.5, 0.6) is 0 Å². The fourth-order valence-corrected chi connectivity index (χ4v) is 1.31. The number of carbonyl (C=O) groups excluding carboxylic acids is 1. The smallest absolute Gasteiger partial charge is 0.231 e. The van der Waals surface area contributed by atoms with Gasteiger partial charge in [-0.25, -0.2) is 0 Å². The quantitative estimate of drug-likeness (QED) is 0.550. The zero-order chi connectivity index (χ0) is 7.28. The van der Waals surface area contributed by atoms with E-state index >= 15 is 0 Å². The maximum atomic E-state index is 10.3. The van der Waals surface area contributed by atoms with Crippen LogP contribution in [-0.2, 0) is 4.79 Å². The summed E-state index contributed by atoms with van der Waals surface area (Å²) in [5, 5.41) is 0. The van der Waals surface area contributed by atoms with Gasteiger partial charge in [-0.2, -0.15) is 0 Å². The molecule has 0 saturated heterocycles. The van der Waals surface area contributed by atoms with Crippen molar-refractivity contribution in [3.05, 3.63) is 0 Å². The summed E-state index contributed by atoms with van der Waals surface area (Å²) in [5.41, 5.74) is 4.94. The summed E-state index contributed by atoms with van der Waals surface area (Å²) in [5.74, 6) is -0.262. The summed E-state index contributed by atoms with van der Waals surface area (Å²) in [6.45, 7) is 1.28. The zero-order valence-electron chi connectivity index (χ0n) is 5.43. The first-order valence-electron chi connectivity index (χ1n) is 2.69. The molecule has 1 amide bonds. The Labute approximate surface area is 68.7 Å². The summed E-state index contributed by atoms with van der Waals surface area (Å²) < 4.78 is 1.03. The molecule has 0 aliphatic carbocycles. The van der Waals surface area contributed by atoms with E-state index in [1.807, 2.05) is 11.9 Å². The van der Waals surface area contributed by atoms with Gasteiger partial charge in [-0.05, 0) is 7.05 Å². The highest BCUT2D eigenvalue weighted by molar-refractivity contribution is 14.1. The Hall–Kier alpha value is 0.160. The molecule has 0 aliphatic heterocycles. The second kappa shape index (κ2) is 4.99. The minimum atomic E-state index is -0.262. The van der Waals surface area contributed by atoms with Gasteiger partial charge in [-0.1, -0.05) is 22.6 Å². The molecule has 0 rings (SSSR count). The summed E-state index contributed by atoms with van der Waals surface area (Å²) in [4.78, 5) is 12.2. The SMILES string of the molecule is CN(CCI)CC(N)=O. The van der Waals surface area contributed by atoms with Crippen molar-refractivity contribution >= 4 is 28.5 Å². The van der Waals surface area contributed by atoms with Gasteiger partial charge in [0.15, 0.2) is 0 Å². The predicted molar refractivity (Wildman–Crippen MR) is 45.6 cm³/mol. The van der Waals surface area contributed by atoms with E-state index in [0.29, 0.717) is 6.54 Å². The minimum absolute atomic E-state index is 0.262. The van der Waals surface area contributed by atoms with Crippen molar-refractivity contribution in [2.24, 2.45) is 5.73 Å². The fourth-order valence-electron chi connectivity index (χ4n) is 0.489. The first kappa shape index (κ1) is 9.16. The van der Waals surface area contributed by atoms with Crippen molar-refractivity contribution in [1.82, 2.24) is 4.90 Å². The Morgan fingerprint density at radius 1 is 1.78 bits per heavy atom. The van der Waals surface area contributed by atoms with Crippen LogP contribution < -0.4 is 5.73 Å². The fraction of sp³-hybridized carbons (Fsp3) is 0.800. The molecular formula is C5H11IN2O. The summed E-state index contributed by atoms with van der Waals surface area (Å²) in [6.07, 6.45) is 0. The molecule has 0 aromatic rings. The number of hydrogen-bond acceptors (Lipinski definition) is 2. The number of likely N-dealkylation sites (N-methyl/N-ethyl adjacent to an activating group) is 1. The molecule has 0 bridgehead atoms. The van der Waals surface area contributed by atoms with E-state index in [1.165, 1.54) is 0 Å². The van der Waals surface area contributed by atoms with E-state index in [9.17, 15) is 4.79 Å². The summed E-state index contributed by atoms with van der Waals surface area (Å²) >= 11 is 2.26. The number of nitrogens with zero attached hydrogens (tertiary/aromatic N) is 1. The summed E-state index contributed by atoms with van der Waals surface area (Å²) in [7, 11) is 1.88. The van der Waals surface area contributed by atoms with Crippen LogP contribution in [0.4, 0.5) is 0 Å². The molecule has 2 N–H and O–H groups in total. The van der Waals surface area contributed by atoms with Crippen LogP contribution in [0.15, 0.2) is 0 Å². The van der Waals surface area contributed by atoms with Crippen LogP contribution in [0.3, 0.4) is 0 Å². The molecule has 9 heavy (non-hydrogen) atoms. The molecular weight excluding hydrogens is 231 g/mol. The van der Waals surface area contributed by atoms with Gasteiger partial charge in [-0.15, -0.1) is 0 Å². The van der Waals surface area contributed by atoms with E-state index in [1.54, 1.807) is 0 Å². The molecule has 0 aromatic heterocycles. The van der Waals surface area contributed by atoms with Gasteiger partial charge in [-0.3, -0.25) is 9.69 Å². The average molecular weight is 242 g/mol. The third kappa shape index (κ3) is 6.04. The van der Waals surface area contributed by atoms with Crippen molar-refractivity contribution < 1.29 is 4.79 Å². The monoisotopic (exact) mass is 242 g/mol. The molecule has 3 nitrogen and oxygen atoms in total. The number of primary amides is 1. The number of amides is 1. The van der Waals surface area contributed by atoms with Crippen LogP contribution in [0.1, 0.15) is 0 Å². The first-order valence-corrected chi connectivity index (χ1v) is 4.22. The Balaban J connectivity index is 3.26. The molecule has 0 unspecified atom stereocenters. The van der Waals surface area contributed by atoms with E-state index in [4.69, 9.17) is 5.73 Å². The number of halogens is 1. The minimum Gasteiger partial charge on any atom is -0.369 e. The number of hydrogen-bond donors (Lipinski definition) is 1. The normalized spacial score (nSPS) is 10.1.